The second kappa shape index (κ2) is 6.59. The van der Waals surface area contributed by atoms with Crippen LogP contribution in [-0.4, -0.2) is 25.0 Å². The van der Waals surface area contributed by atoms with E-state index in [1.165, 1.54) is 0 Å². The van der Waals surface area contributed by atoms with Gasteiger partial charge in [0.2, 0.25) is 0 Å². The van der Waals surface area contributed by atoms with Crippen molar-refractivity contribution in [2.75, 3.05) is 13.2 Å². The van der Waals surface area contributed by atoms with Crippen LogP contribution in [0.5, 0.6) is 5.75 Å². The third kappa shape index (κ3) is 3.15. The molecule has 1 aromatic rings. The van der Waals surface area contributed by atoms with Crippen LogP contribution in [0, 0.1) is 0 Å². The molecule has 1 aromatic carbocycles. The fourth-order valence-electron chi connectivity index (χ4n) is 2.63. The lowest BCUT2D eigenvalue weighted by atomic mass is 9.94. The summed E-state index contributed by atoms with van der Waals surface area (Å²) in [4.78, 5) is 12.7. The van der Waals surface area contributed by atoms with Gasteiger partial charge < -0.3 is 10.1 Å². The van der Waals surface area contributed by atoms with Crippen LogP contribution in [0.25, 0.3) is 0 Å². The van der Waals surface area contributed by atoms with E-state index >= 15 is 0 Å². The average Bonchev–Trinajstić information content (AvgIpc) is 2.93. The highest BCUT2D eigenvalue weighted by Crippen LogP contribution is 2.35. The maximum absolute atomic E-state index is 12.7. The van der Waals surface area contributed by atoms with Gasteiger partial charge in [0.05, 0.1) is 18.2 Å². The number of halogens is 1. The van der Waals surface area contributed by atoms with Crippen LogP contribution in [0.1, 0.15) is 55.5 Å². The molecule has 1 heterocycles. The molecule has 0 radical (unpaired) electrons. The van der Waals surface area contributed by atoms with Gasteiger partial charge in [0.15, 0.2) is 5.78 Å². The predicted octanol–water partition coefficient (Wildman–Crippen LogP) is 3.80. The maximum atomic E-state index is 12.7. The highest BCUT2D eigenvalue weighted by Gasteiger charge is 2.27. The molecule has 0 amide bonds. The van der Waals surface area contributed by atoms with Crippen LogP contribution in [0.3, 0.4) is 0 Å². The first-order valence-electron chi connectivity index (χ1n) is 7.28. The quantitative estimate of drug-likeness (QED) is 0.840. The molecule has 1 aliphatic rings. The Morgan fingerprint density at radius 3 is 2.80 bits per heavy atom. The van der Waals surface area contributed by atoms with Crippen LogP contribution in [-0.2, 0) is 0 Å². The molecule has 1 saturated heterocycles. The summed E-state index contributed by atoms with van der Waals surface area (Å²) in [5.74, 6) is 1.05. The van der Waals surface area contributed by atoms with Gasteiger partial charge in [-0.3, -0.25) is 4.79 Å². The first-order chi connectivity index (χ1) is 9.54. The Hall–Kier alpha value is -1.06. The lowest BCUT2D eigenvalue weighted by Crippen LogP contribution is -2.31. The van der Waals surface area contributed by atoms with E-state index in [0.717, 1.165) is 24.9 Å². The number of benzene rings is 1. The van der Waals surface area contributed by atoms with Crippen LogP contribution in [0.15, 0.2) is 12.1 Å². The van der Waals surface area contributed by atoms with Gasteiger partial charge in [-0.05, 0) is 49.9 Å². The van der Waals surface area contributed by atoms with Gasteiger partial charge in [-0.15, -0.1) is 0 Å². The van der Waals surface area contributed by atoms with Crippen molar-refractivity contribution in [3.63, 3.8) is 0 Å². The Kier molecular flexibility index (Phi) is 5.06. The van der Waals surface area contributed by atoms with Crippen molar-refractivity contribution >= 4 is 17.4 Å². The number of hydrogen-bond donors (Lipinski definition) is 1. The maximum Gasteiger partial charge on any atom is 0.183 e. The van der Waals surface area contributed by atoms with E-state index in [4.69, 9.17) is 16.3 Å². The smallest absolute Gasteiger partial charge is 0.183 e. The van der Waals surface area contributed by atoms with Crippen molar-refractivity contribution in [2.45, 2.75) is 45.6 Å². The molecule has 1 unspecified atom stereocenters. The fraction of sp³-hybridized carbons (Fsp3) is 0.562. The summed E-state index contributed by atoms with van der Waals surface area (Å²) in [6.45, 7) is 7.53. The molecule has 4 heteroatoms. The van der Waals surface area contributed by atoms with E-state index < -0.39 is 0 Å². The molecule has 0 saturated carbocycles. The summed E-state index contributed by atoms with van der Waals surface area (Å²) >= 11 is 6.19. The number of ether oxygens (including phenoxy) is 1. The van der Waals surface area contributed by atoms with Gasteiger partial charge in [-0.1, -0.05) is 25.4 Å². The fourth-order valence-corrected chi connectivity index (χ4v) is 2.85. The predicted molar refractivity (Wildman–Crippen MR) is 82.1 cm³/mol. The lowest BCUT2D eigenvalue weighted by molar-refractivity contribution is 0.0948. The monoisotopic (exact) mass is 295 g/mol. The van der Waals surface area contributed by atoms with Crippen molar-refractivity contribution in [1.29, 1.82) is 0 Å². The topological polar surface area (TPSA) is 38.3 Å². The number of rotatable bonds is 5. The Labute approximate surface area is 125 Å². The first kappa shape index (κ1) is 15.3. The summed E-state index contributed by atoms with van der Waals surface area (Å²) in [6, 6.07) is 3.53. The third-order valence-corrected chi connectivity index (χ3v) is 3.85. The number of ketones is 1. The molecule has 1 atom stereocenters. The van der Waals surface area contributed by atoms with Crippen molar-refractivity contribution in [2.24, 2.45) is 0 Å². The standard InChI is InChI=1S/C16H22ClNO2/c1-4-20-16-12(10(2)3)8-11(17)9-13(16)15(19)14-6-5-7-18-14/h8-10,14,18H,4-7H2,1-3H3. The first-order valence-corrected chi connectivity index (χ1v) is 7.66. The summed E-state index contributed by atoms with van der Waals surface area (Å²) < 4.78 is 5.76. The molecule has 0 aliphatic carbocycles. The minimum atomic E-state index is -0.104. The largest absolute Gasteiger partial charge is 0.493 e. The molecule has 110 valence electrons. The third-order valence-electron chi connectivity index (χ3n) is 3.64. The lowest BCUT2D eigenvalue weighted by Gasteiger charge is -2.19. The van der Waals surface area contributed by atoms with Gasteiger partial charge >= 0.3 is 0 Å². The number of hydrogen-bond acceptors (Lipinski definition) is 3. The number of Topliss-reactive ketones (excluding diaryl/α,β-unsaturated/α-hetero) is 1. The van der Waals surface area contributed by atoms with Gasteiger partial charge in [0.1, 0.15) is 5.75 Å². The van der Waals surface area contributed by atoms with Crippen molar-refractivity contribution in [1.82, 2.24) is 5.32 Å². The van der Waals surface area contributed by atoms with Gasteiger partial charge in [0, 0.05) is 5.02 Å². The zero-order valence-electron chi connectivity index (χ0n) is 12.3. The molecule has 20 heavy (non-hydrogen) atoms. The normalized spacial score (nSPS) is 18.6. The van der Waals surface area contributed by atoms with Crippen molar-refractivity contribution < 1.29 is 9.53 Å². The molecule has 0 spiro atoms. The summed E-state index contributed by atoms with van der Waals surface area (Å²) in [5.41, 5.74) is 1.61. The number of carbonyl (C=O) groups excluding carboxylic acids is 1. The number of nitrogens with one attached hydrogen (secondary N) is 1. The van der Waals surface area contributed by atoms with Gasteiger partial charge in [-0.25, -0.2) is 0 Å². The Balaban J connectivity index is 2.46. The number of carbonyl (C=O) groups is 1. The van der Waals surface area contributed by atoms with E-state index in [2.05, 4.69) is 19.2 Å². The van der Waals surface area contributed by atoms with E-state index in [-0.39, 0.29) is 17.7 Å². The zero-order chi connectivity index (χ0) is 14.7. The van der Waals surface area contributed by atoms with Crippen molar-refractivity contribution in [3.05, 3.63) is 28.3 Å². The molecule has 2 rings (SSSR count). The molecule has 1 fully saturated rings. The molecule has 1 N–H and O–H groups in total. The molecular weight excluding hydrogens is 274 g/mol. The molecule has 0 aromatic heterocycles. The van der Waals surface area contributed by atoms with E-state index in [9.17, 15) is 4.79 Å². The van der Waals surface area contributed by atoms with E-state index in [1.54, 1.807) is 6.07 Å². The van der Waals surface area contributed by atoms with Gasteiger partial charge in [-0.2, -0.15) is 0 Å². The summed E-state index contributed by atoms with van der Waals surface area (Å²) in [6.07, 6.45) is 1.92. The van der Waals surface area contributed by atoms with Crippen LogP contribution in [0.4, 0.5) is 0 Å². The van der Waals surface area contributed by atoms with Gasteiger partial charge in [0.25, 0.3) is 0 Å². The zero-order valence-corrected chi connectivity index (χ0v) is 13.1. The summed E-state index contributed by atoms with van der Waals surface area (Å²) in [7, 11) is 0. The highest BCUT2D eigenvalue weighted by atomic mass is 35.5. The second-order valence-electron chi connectivity index (χ2n) is 5.47. The van der Waals surface area contributed by atoms with Crippen LogP contribution >= 0.6 is 11.6 Å². The second-order valence-corrected chi connectivity index (χ2v) is 5.91. The van der Waals surface area contributed by atoms with E-state index in [1.807, 2.05) is 13.0 Å². The summed E-state index contributed by atoms with van der Waals surface area (Å²) in [5, 5.41) is 3.84. The Morgan fingerprint density at radius 2 is 2.25 bits per heavy atom. The minimum Gasteiger partial charge on any atom is -0.493 e. The van der Waals surface area contributed by atoms with Crippen LogP contribution < -0.4 is 10.1 Å². The van der Waals surface area contributed by atoms with Crippen molar-refractivity contribution in [3.8, 4) is 5.75 Å². The molecule has 1 aliphatic heterocycles. The molecule has 3 nitrogen and oxygen atoms in total. The van der Waals surface area contributed by atoms with E-state index in [0.29, 0.717) is 22.9 Å². The SMILES string of the molecule is CCOc1c(C(=O)C2CCCN2)cc(Cl)cc1C(C)C. The molecular formula is C16H22ClNO2. The Morgan fingerprint density at radius 1 is 1.50 bits per heavy atom. The minimum absolute atomic E-state index is 0.0929. The van der Waals surface area contributed by atoms with Crippen LogP contribution in [0.2, 0.25) is 5.02 Å². The Bertz CT molecular complexity index is 493. The molecule has 0 bridgehead atoms. The highest BCUT2D eigenvalue weighted by molar-refractivity contribution is 6.31. The average molecular weight is 296 g/mol.